The number of nitrogens with one attached hydrogen (secondary N) is 3. The number of urea groups is 1. The SMILES string of the molecule is CNc1ncc(S(=O)(=O)Cc2csc(NC(=O)NCc3cccc(F)c3)n2)cn1. The van der Waals surface area contributed by atoms with Gasteiger partial charge in [-0.25, -0.2) is 32.6 Å². The van der Waals surface area contributed by atoms with Crippen LogP contribution in [0.2, 0.25) is 0 Å². The molecule has 0 radical (unpaired) electrons. The smallest absolute Gasteiger partial charge is 0.321 e. The average molecular weight is 436 g/mol. The molecule has 0 aliphatic heterocycles. The van der Waals surface area contributed by atoms with Crippen molar-refractivity contribution >= 4 is 38.3 Å². The lowest BCUT2D eigenvalue weighted by Crippen LogP contribution is -2.28. The van der Waals surface area contributed by atoms with Crippen molar-refractivity contribution in [2.24, 2.45) is 0 Å². The molecule has 0 bridgehead atoms. The van der Waals surface area contributed by atoms with E-state index in [9.17, 15) is 17.6 Å². The monoisotopic (exact) mass is 436 g/mol. The van der Waals surface area contributed by atoms with Crippen molar-refractivity contribution in [1.82, 2.24) is 20.3 Å². The molecule has 0 fully saturated rings. The molecular weight excluding hydrogens is 419 g/mol. The van der Waals surface area contributed by atoms with Crippen LogP contribution in [-0.4, -0.2) is 36.4 Å². The molecule has 0 unspecified atom stereocenters. The zero-order chi connectivity index (χ0) is 20.9. The largest absolute Gasteiger partial charge is 0.357 e. The molecule has 2 aromatic heterocycles. The third kappa shape index (κ3) is 5.68. The number of thiazole rings is 1. The van der Waals surface area contributed by atoms with Crippen molar-refractivity contribution in [1.29, 1.82) is 0 Å². The number of aromatic nitrogens is 3. The molecule has 9 nitrogen and oxygen atoms in total. The van der Waals surface area contributed by atoms with Gasteiger partial charge in [0.1, 0.15) is 10.7 Å². The molecule has 3 aromatic rings. The number of hydrogen-bond acceptors (Lipinski definition) is 8. The number of halogens is 1. The second-order valence-electron chi connectivity index (χ2n) is 5.83. The van der Waals surface area contributed by atoms with Gasteiger partial charge in [0.25, 0.3) is 0 Å². The van der Waals surface area contributed by atoms with Gasteiger partial charge in [0.15, 0.2) is 15.0 Å². The Morgan fingerprint density at radius 1 is 1.24 bits per heavy atom. The van der Waals surface area contributed by atoms with Crippen LogP contribution in [0.4, 0.5) is 20.3 Å². The Morgan fingerprint density at radius 2 is 2.00 bits per heavy atom. The Morgan fingerprint density at radius 3 is 2.69 bits per heavy atom. The van der Waals surface area contributed by atoms with E-state index >= 15 is 0 Å². The first kappa shape index (κ1) is 20.6. The molecule has 29 heavy (non-hydrogen) atoms. The average Bonchev–Trinajstić information content (AvgIpc) is 3.12. The fourth-order valence-corrected chi connectivity index (χ4v) is 4.23. The molecule has 0 spiro atoms. The third-order valence-electron chi connectivity index (χ3n) is 3.66. The molecule has 1 aromatic carbocycles. The van der Waals surface area contributed by atoms with Gasteiger partial charge in [-0.1, -0.05) is 12.1 Å². The maximum atomic E-state index is 13.1. The molecule has 0 aliphatic rings. The fourth-order valence-electron chi connectivity index (χ4n) is 2.29. The molecule has 3 N–H and O–H groups in total. The lowest BCUT2D eigenvalue weighted by molar-refractivity contribution is 0.251. The second-order valence-corrected chi connectivity index (χ2v) is 8.68. The van der Waals surface area contributed by atoms with Crippen LogP contribution in [0.1, 0.15) is 11.3 Å². The van der Waals surface area contributed by atoms with Crippen LogP contribution in [0.15, 0.2) is 46.9 Å². The summed E-state index contributed by atoms with van der Waals surface area (Å²) in [7, 11) is -2.05. The van der Waals surface area contributed by atoms with E-state index in [0.29, 0.717) is 11.5 Å². The summed E-state index contributed by atoms with van der Waals surface area (Å²) >= 11 is 1.10. The third-order valence-corrected chi connectivity index (χ3v) is 6.07. The number of nitrogens with zero attached hydrogens (tertiary/aromatic N) is 3. The van der Waals surface area contributed by atoms with Gasteiger partial charge in [-0.2, -0.15) is 0 Å². The maximum absolute atomic E-state index is 13.1. The number of sulfone groups is 1. The van der Waals surface area contributed by atoms with Gasteiger partial charge >= 0.3 is 6.03 Å². The topological polar surface area (TPSA) is 126 Å². The van der Waals surface area contributed by atoms with E-state index < -0.39 is 15.9 Å². The number of benzene rings is 1. The predicted octanol–water partition coefficient (Wildman–Crippen LogP) is 2.41. The standard InChI is InChI=1S/C17H17FN6O3S2/c1-19-15-20-7-14(8-21-15)29(26,27)10-13-9-28-17(23-13)24-16(25)22-6-11-3-2-4-12(18)5-11/h2-5,7-9H,6,10H2,1H3,(H,19,20,21)(H2,22,23,24,25). The Kier molecular flexibility index (Phi) is 6.34. The Labute approximate surface area is 170 Å². The van der Waals surface area contributed by atoms with Crippen LogP contribution >= 0.6 is 11.3 Å². The lowest BCUT2D eigenvalue weighted by Gasteiger charge is -2.05. The van der Waals surface area contributed by atoms with Gasteiger partial charge in [-0.3, -0.25) is 5.32 Å². The van der Waals surface area contributed by atoms with Gasteiger partial charge < -0.3 is 10.6 Å². The van der Waals surface area contributed by atoms with Crippen molar-refractivity contribution in [3.63, 3.8) is 0 Å². The van der Waals surface area contributed by atoms with E-state index in [2.05, 4.69) is 30.9 Å². The molecule has 3 rings (SSSR count). The molecule has 2 amide bonds. The van der Waals surface area contributed by atoms with E-state index in [1.807, 2.05) is 0 Å². The van der Waals surface area contributed by atoms with E-state index in [1.165, 1.54) is 24.5 Å². The summed E-state index contributed by atoms with van der Waals surface area (Å²) in [5, 5.41) is 9.60. The molecule has 152 valence electrons. The van der Waals surface area contributed by atoms with E-state index in [-0.39, 0.29) is 33.8 Å². The van der Waals surface area contributed by atoms with Crippen LogP contribution < -0.4 is 16.0 Å². The maximum Gasteiger partial charge on any atom is 0.321 e. The predicted molar refractivity (Wildman–Crippen MR) is 107 cm³/mol. The van der Waals surface area contributed by atoms with Crippen LogP contribution in [0.5, 0.6) is 0 Å². The first-order chi connectivity index (χ1) is 13.9. The number of carbonyl (C=O) groups excluding carboxylic acids is 1. The minimum Gasteiger partial charge on any atom is -0.357 e. The van der Waals surface area contributed by atoms with Crippen molar-refractivity contribution < 1.29 is 17.6 Å². The quantitative estimate of drug-likeness (QED) is 0.519. The highest BCUT2D eigenvalue weighted by Crippen LogP contribution is 2.20. The van der Waals surface area contributed by atoms with E-state index in [4.69, 9.17) is 0 Å². The Balaban J connectivity index is 1.57. The highest BCUT2D eigenvalue weighted by molar-refractivity contribution is 7.90. The molecule has 2 heterocycles. The summed E-state index contributed by atoms with van der Waals surface area (Å²) in [6.45, 7) is 0.138. The van der Waals surface area contributed by atoms with Gasteiger partial charge in [-0.15, -0.1) is 11.3 Å². The molecule has 0 saturated heterocycles. The van der Waals surface area contributed by atoms with Gasteiger partial charge in [0.05, 0.1) is 23.8 Å². The van der Waals surface area contributed by atoms with Crippen molar-refractivity contribution in [2.75, 3.05) is 17.7 Å². The molecule has 0 aliphatic carbocycles. The van der Waals surface area contributed by atoms with Crippen molar-refractivity contribution in [3.8, 4) is 0 Å². The number of hydrogen-bond donors (Lipinski definition) is 3. The zero-order valence-electron chi connectivity index (χ0n) is 15.2. The summed E-state index contributed by atoms with van der Waals surface area (Å²) in [5.74, 6) is -0.423. The van der Waals surface area contributed by atoms with Crippen molar-refractivity contribution in [2.45, 2.75) is 17.2 Å². The van der Waals surface area contributed by atoms with E-state index in [1.54, 1.807) is 24.6 Å². The summed E-state index contributed by atoms with van der Waals surface area (Å²) < 4.78 is 38.0. The van der Waals surface area contributed by atoms with E-state index in [0.717, 1.165) is 11.3 Å². The number of anilines is 2. The number of amides is 2. The molecule has 0 atom stereocenters. The minimum absolute atomic E-state index is 0.0214. The van der Waals surface area contributed by atoms with Crippen LogP contribution in [0, 0.1) is 5.82 Å². The molecule has 0 saturated carbocycles. The Bertz CT molecular complexity index is 1100. The highest BCUT2D eigenvalue weighted by atomic mass is 32.2. The lowest BCUT2D eigenvalue weighted by atomic mass is 10.2. The Hall–Kier alpha value is -3.12. The summed E-state index contributed by atoms with van der Waals surface area (Å²) in [5.41, 5.74) is 0.894. The fraction of sp³-hybridized carbons (Fsp3) is 0.176. The normalized spacial score (nSPS) is 11.1. The van der Waals surface area contributed by atoms with Crippen LogP contribution in [0.3, 0.4) is 0 Å². The minimum atomic E-state index is -3.68. The summed E-state index contributed by atoms with van der Waals surface area (Å²) in [6.07, 6.45) is 2.44. The molecular formula is C17H17FN6O3S2. The van der Waals surface area contributed by atoms with Crippen molar-refractivity contribution in [3.05, 3.63) is 59.1 Å². The zero-order valence-corrected chi connectivity index (χ0v) is 16.8. The van der Waals surface area contributed by atoms with Crippen LogP contribution in [0.25, 0.3) is 0 Å². The first-order valence-electron chi connectivity index (χ1n) is 8.32. The van der Waals surface area contributed by atoms with Gasteiger partial charge in [0, 0.05) is 19.0 Å². The second kappa shape index (κ2) is 8.92. The van der Waals surface area contributed by atoms with Gasteiger partial charge in [-0.05, 0) is 17.7 Å². The summed E-state index contributed by atoms with van der Waals surface area (Å²) in [4.78, 5) is 23.8. The number of rotatable bonds is 7. The summed E-state index contributed by atoms with van der Waals surface area (Å²) in [6, 6.07) is 5.33. The molecule has 12 heteroatoms. The first-order valence-corrected chi connectivity index (χ1v) is 10.8. The van der Waals surface area contributed by atoms with Crippen LogP contribution in [-0.2, 0) is 22.1 Å². The number of carbonyl (C=O) groups is 1. The highest BCUT2D eigenvalue weighted by Gasteiger charge is 2.19. The van der Waals surface area contributed by atoms with Gasteiger partial charge in [0.2, 0.25) is 5.95 Å².